The molecule has 0 aromatic carbocycles. The molecule has 2 aromatic heterocycles. The van der Waals surface area contributed by atoms with Gasteiger partial charge in [-0.1, -0.05) is 19.0 Å². The fourth-order valence-corrected chi connectivity index (χ4v) is 2.96. The van der Waals surface area contributed by atoms with Crippen LogP contribution in [-0.4, -0.2) is 53.2 Å². The number of hydrogen-bond acceptors (Lipinski definition) is 8. The predicted octanol–water partition coefficient (Wildman–Crippen LogP) is 2.21. The zero-order chi connectivity index (χ0) is 19.6. The molecule has 2 aromatic rings. The van der Waals surface area contributed by atoms with Crippen LogP contribution < -0.4 is 15.1 Å². The maximum atomic E-state index is 12.4. The zero-order valence-electron chi connectivity index (χ0n) is 16.6. The number of carbonyl (C=O) groups excluding carboxylic acids is 1. The van der Waals surface area contributed by atoms with Crippen LogP contribution in [0.4, 0.5) is 17.7 Å². The van der Waals surface area contributed by atoms with E-state index in [9.17, 15) is 4.79 Å². The molecule has 0 saturated carbocycles. The second-order valence-corrected chi connectivity index (χ2v) is 7.42. The molecule has 1 fully saturated rings. The Hall–Kier alpha value is -2.71. The van der Waals surface area contributed by atoms with Gasteiger partial charge in [0, 0.05) is 45.1 Å². The first-order chi connectivity index (χ1) is 12.8. The van der Waals surface area contributed by atoms with Gasteiger partial charge in [0.15, 0.2) is 5.82 Å². The lowest BCUT2D eigenvalue weighted by molar-refractivity contribution is -0.120. The van der Waals surface area contributed by atoms with Crippen molar-refractivity contribution in [1.29, 1.82) is 0 Å². The monoisotopic (exact) mass is 373 g/mol. The number of aromatic nitrogens is 4. The predicted molar refractivity (Wildman–Crippen MR) is 103 cm³/mol. The minimum Gasteiger partial charge on any atom is -0.360 e. The quantitative estimate of drug-likeness (QED) is 0.851. The maximum absolute atomic E-state index is 12.4. The van der Waals surface area contributed by atoms with Crippen LogP contribution in [0.1, 0.15) is 44.2 Å². The molecule has 1 aliphatic rings. The highest BCUT2D eigenvalue weighted by atomic mass is 16.5. The Morgan fingerprint density at radius 3 is 2.52 bits per heavy atom. The van der Waals surface area contributed by atoms with Crippen molar-refractivity contribution in [2.75, 3.05) is 42.3 Å². The number of nitrogens with one attached hydrogen (secondary N) is 1. The van der Waals surface area contributed by atoms with Crippen molar-refractivity contribution < 1.29 is 9.32 Å². The highest BCUT2D eigenvalue weighted by Gasteiger charge is 2.27. The average Bonchev–Trinajstić information content (AvgIpc) is 3.06. The fraction of sp³-hybridized carbons (Fsp3) is 0.611. The summed E-state index contributed by atoms with van der Waals surface area (Å²) in [5.41, 5.74) is 0. The van der Waals surface area contributed by atoms with Gasteiger partial charge in [-0.25, -0.2) is 0 Å². The third kappa shape index (κ3) is 4.53. The Balaban J connectivity index is 1.65. The van der Waals surface area contributed by atoms with Crippen LogP contribution in [0.2, 0.25) is 0 Å². The van der Waals surface area contributed by atoms with Crippen molar-refractivity contribution in [2.45, 2.75) is 39.5 Å². The summed E-state index contributed by atoms with van der Waals surface area (Å²) in [7, 11) is 3.84. The molecule has 27 heavy (non-hydrogen) atoms. The van der Waals surface area contributed by atoms with Crippen molar-refractivity contribution >= 4 is 23.6 Å². The van der Waals surface area contributed by atoms with E-state index in [-0.39, 0.29) is 17.7 Å². The zero-order valence-corrected chi connectivity index (χ0v) is 16.6. The lowest BCUT2D eigenvalue weighted by atomic mass is 9.96. The first-order valence-corrected chi connectivity index (χ1v) is 9.26. The van der Waals surface area contributed by atoms with Gasteiger partial charge in [0.1, 0.15) is 11.6 Å². The molecule has 1 aliphatic heterocycles. The van der Waals surface area contributed by atoms with E-state index in [2.05, 4.69) is 44.2 Å². The average molecular weight is 373 g/mol. The van der Waals surface area contributed by atoms with E-state index in [0.29, 0.717) is 23.5 Å². The Bertz CT molecular complexity index is 769. The van der Waals surface area contributed by atoms with E-state index in [1.165, 1.54) is 0 Å². The number of amides is 1. The van der Waals surface area contributed by atoms with Gasteiger partial charge in [-0.2, -0.15) is 15.0 Å². The minimum absolute atomic E-state index is 0.0181. The number of hydrogen-bond donors (Lipinski definition) is 1. The summed E-state index contributed by atoms with van der Waals surface area (Å²) >= 11 is 0. The van der Waals surface area contributed by atoms with Gasteiger partial charge in [0.25, 0.3) is 0 Å². The molecule has 3 heterocycles. The molecule has 0 spiro atoms. The summed E-state index contributed by atoms with van der Waals surface area (Å²) in [6.07, 6.45) is 1.48. The Morgan fingerprint density at radius 2 is 1.96 bits per heavy atom. The SMILES string of the molecule is Cc1cc(NC(=O)C2CCN(c3nc(C(C)C)nc(N(C)C)n3)CC2)no1. The van der Waals surface area contributed by atoms with Gasteiger partial charge in [0.2, 0.25) is 17.8 Å². The smallest absolute Gasteiger partial charge is 0.230 e. The van der Waals surface area contributed by atoms with Crippen molar-refractivity contribution in [2.24, 2.45) is 5.92 Å². The van der Waals surface area contributed by atoms with Gasteiger partial charge in [0.05, 0.1) is 0 Å². The number of anilines is 3. The van der Waals surface area contributed by atoms with Gasteiger partial charge in [-0.05, 0) is 19.8 Å². The number of nitrogens with zero attached hydrogens (tertiary/aromatic N) is 6. The van der Waals surface area contributed by atoms with E-state index in [1.54, 1.807) is 13.0 Å². The lowest BCUT2D eigenvalue weighted by Crippen LogP contribution is -2.39. The van der Waals surface area contributed by atoms with E-state index in [0.717, 1.165) is 31.8 Å². The fourth-order valence-electron chi connectivity index (χ4n) is 2.96. The van der Waals surface area contributed by atoms with Crippen LogP contribution in [0.15, 0.2) is 10.6 Å². The molecule has 1 amide bonds. The molecule has 0 aliphatic carbocycles. The number of carbonyl (C=O) groups is 1. The van der Waals surface area contributed by atoms with Crippen LogP contribution in [0.3, 0.4) is 0 Å². The molecule has 0 unspecified atom stereocenters. The summed E-state index contributed by atoms with van der Waals surface area (Å²) in [6.45, 7) is 7.39. The van der Waals surface area contributed by atoms with E-state index >= 15 is 0 Å². The summed E-state index contributed by atoms with van der Waals surface area (Å²) < 4.78 is 4.99. The van der Waals surface area contributed by atoms with Crippen molar-refractivity contribution in [3.05, 3.63) is 17.7 Å². The van der Waals surface area contributed by atoms with Crippen LogP contribution in [0, 0.1) is 12.8 Å². The maximum Gasteiger partial charge on any atom is 0.230 e. The number of rotatable bonds is 5. The van der Waals surface area contributed by atoms with Crippen molar-refractivity contribution in [1.82, 2.24) is 20.1 Å². The highest BCUT2D eigenvalue weighted by Crippen LogP contribution is 2.24. The molecule has 3 rings (SSSR count). The molecule has 0 atom stereocenters. The van der Waals surface area contributed by atoms with Gasteiger partial charge in [-0.3, -0.25) is 4.79 Å². The third-order valence-electron chi connectivity index (χ3n) is 4.57. The van der Waals surface area contributed by atoms with E-state index in [1.807, 2.05) is 19.0 Å². The number of aryl methyl sites for hydroxylation is 1. The first kappa shape index (κ1) is 19.1. The standard InChI is InChI=1S/C18H27N7O2/c1-11(2)15-20-17(24(4)5)22-18(21-15)25-8-6-13(7-9-25)16(26)19-14-10-12(3)27-23-14/h10-11,13H,6-9H2,1-5H3,(H,19,23,26). The molecule has 1 saturated heterocycles. The van der Waals surface area contributed by atoms with Gasteiger partial charge >= 0.3 is 0 Å². The molecule has 0 bridgehead atoms. The van der Waals surface area contributed by atoms with E-state index < -0.39 is 0 Å². The second-order valence-electron chi connectivity index (χ2n) is 7.42. The van der Waals surface area contributed by atoms with Gasteiger partial charge in [-0.15, -0.1) is 0 Å². The molecule has 0 radical (unpaired) electrons. The molecule has 146 valence electrons. The molecule has 9 nitrogen and oxygen atoms in total. The van der Waals surface area contributed by atoms with Crippen LogP contribution in [0.25, 0.3) is 0 Å². The summed E-state index contributed by atoms with van der Waals surface area (Å²) in [4.78, 5) is 30.2. The Morgan fingerprint density at radius 1 is 1.26 bits per heavy atom. The second kappa shape index (κ2) is 7.89. The summed E-state index contributed by atoms with van der Waals surface area (Å²) in [5, 5.41) is 6.64. The van der Waals surface area contributed by atoms with Crippen molar-refractivity contribution in [3.8, 4) is 0 Å². The van der Waals surface area contributed by atoms with Crippen LogP contribution in [0.5, 0.6) is 0 Å². The highest BCUT2D eigenvalue weighted by molar-refractivity contribution is 5.91. The largest absolute Gasteiger partial charge is 0.360 e. The third-order valence-corrected chi connectivity index (χ3v) is 4.57. The summed E-state index contributed by atoms with van der Waals surface area (Å²) in [6, 6.07) is 1.72. The first-order valence-electron chi connectivity index (χ1n) is 9.26. The van der Waals surface area contributed by atoms with E-state index in [4.69, 9.17) is 4.52 Å². The molecule has 9 heteroatoms. The Kier molecular flexibility index (Phi) is 5.57. The minimum atomic E-state index is -0.0574. The summed E-state index contributed by atoms with van der Waals surface area (Å²) in [5.74, 6) is 3.41. The van der Waals surface area contributed by atoms with Crippen molar-refractivity contribution in [3.63, 3.8) is 0 Å². The molecular formula is C18H27N7O2. The Labute approximate surface area is 159 Å². The number of piperidine rings is 1. The molecular weight excluding hydrogens is 346 g/mol. The topological polar surface area (TPSA) is 100 Å². The molecule has 1 N–H and O–H groups in total. The lowest BCUT2D eigenvalue weighted by Gasteiger charge is -2.31. The van der Waals surface area contributed by atoms with Crippen LogP contribution in [-0.2, 0) is 4.79 Å². The normalized spacial score (nSPS) is 15.3. The van der Waals surface area contributed by atoms with Crippen LogP contribution >= 0.6 is 0 Å². The van der Waals surface area contributed by atoms with Gasteiger partial charge < -0.3 is 19.6 Å².